The van der Waals surface area contributed by atoms with Crippen molar-refractivity contribution in [2.75, 3.05) is 6.54 Å². The quantitative estimate of drug-likeness (QED) is 0.845. The van der Waals surface area contributed by atoms with Crippen LogP contribution in [-0.4, -0.2) is 24.7 Å². The Morgan fingerprint density at radius 2 is 2.42 bits per heavy atom. The van der Waals surface area contributed by atoms with Gasteiger partial charge in [0, 0.05) is 11.6 Å². The lowest BCUT2D eigenvalue weighted by Crippen LogP contribution is -2.38. The summed E-state index contributed by atoms with van der Waals surface area (Å²) in [5.41, 5.74) is 1.59. The van der Waals surface area contributed by atoms with Crippen LogP contribution in [0.3, 0.4) is 0 Å². The second kappa shape index (κ2) is 5.21. The van der Waals surface area contributed by atoms with E-state index < -0.39 is 0 Å². The highest BCUT2D eigenvalue weighted by atomic mass is 16.5. The van der Waals surface area contributed by atoms with E-state index in [-0.39, 0.29) is 12.1 Å². The summed E-state index contributed by atoms with van der Waals surface area (Å²) >= 11 is 0. The smallest absolute Gasteiger partial charge is 0.338 e. The van der Waals surface area contributed by atoms with Crippen LogP contribution in [0.15, 0.2) is 18.2 Å². The maximum atomic E-state index is 11.4. The Morgan fingerprint density at radius 3 is 3.16 bits per heavy atom. The first kappa shape index (κ1) is 12.5. The molecule has 3 rings (SSSR count). The van der Waals surface area contributed by atoms with Crippen LogP contribution in [0.25, 0.3) is 0 Å². The minimum atomic E-state index is -0.231. The topological polar surface area (TPSA) is 47.6 Å². The predicted octanol–water partition coefficient (Wildman–Crippen LogP) is 2.27. The normalized spacial score (nSPS) is 23.0. The molecule has 2 aliphatic heterocycles. The van der Waals surface area contributed by atoms with Crippen molar-refractivity contribution in [1.82, 2.24) is 5.32 Å². The fourth-order valence-electron chi connectivity index (χ4n) is 2.84. The summed E-state index contributed by atoms with van der Waals surface area (Å²) in [5, 5.41) is 3.48. The summed E-state index contributed by atoms with van der Waals surface area (Å²) in [6.45, 7) is 3.59. The number of rotatable bonds is 4. The molecule has 0 aromatic heterocycles. The molecule has 1 N–H and O–H groups in total. The van der Waals surface area contributed by atoms with Gasteiger partial charge in [0.05, 0.1) is 5.56 Å². The number of esters is 1. The zero-order chi connectivity index (χ0) is 13.2. The van der Waals surface area contributed by atoms with Crippen LogP contribution >= 0.6 is 0 Å². The van der Waals surface area contributed by atoms with Gasteiger partial charge in [-0.15, -0.1) is 0 Å². The molecule has 4 heteroatoms. The van der Waals surface area contributed by atoms with E-state index in [4.69, 9.17) is 9.47 Å². The fraction of sp³-hybridized carbons (Fsp3) is 0.533. The highest BCUT2D eigenvalue weighted by Crippen LogP contribution is 2.26. The molecule has 2 unspecified atom stereocenters. The number of carbonyl (C=O) groups is 1. The van der Waals surface area contributed by atoms with Gasteiger partial charge in [0.25, 0.3) is 0 Å². The van der Waals surface area contributed by atoms with E-state index in [0.717, 1.165) is 24.3 Å². The largest absolute Gasteiger partial charge is 0.489 e. The molecule has 2 heterocycles. The molecule has 0 spiro atoms. The Labute approximate surface area is 113 Å². The van der Waals surface area contributed by atoms with Gasteiger partial charge < -0.3 is 14.8 Å². The van der Waals surface area contributed by atoms with Gasteiger partial charge in [0.1, 0.15) is 18.5 Å². The van der Waals surface area contributed by atoms with E-state index in [1.807, 2.05) is 12.1 Å². The first-order valence-electron chi connectivity index (χ1n) is 6.98. The number of cyclic esters (lactones) is 1. The standard InChI is InChI=1S/C15H19NO3/c1-2-14(13-4-3-7-16-13)19-11-5-6-12-10(8-11)9-18-15(12)17/h5-6,8,13-14,16H,2-4,7,9H2,1H3. The molecule has 0 bridgehead atoms. The Bertz CT molecular complexity index is 480. The molecule has 102 valence electrons. The van der Waals surface area contributed by atoms with Crippen molar-refractivity contribution in [2.45, 2.75) is 44.9 Å². The van der Waals surface area contributed by atoms with Crippen molar-refractivity contribution in [3.63, 3.8) is 0 Å². The van der Waals surface area contributed by atoms with Crippen molar-refractivity contribution in [1.29, 1.82) is 0 Å². The molecule has 1 aromatic carbocycles. The minimum absolute atomic E-state index is 0.193. The molecule has 1 fully saturated rings. The number of nitrogens with one attached hydrogen (secondary N) is 1. The Balaban J connectivity index is 1.73. The van der Waals surface area contributed by atoms with Gasteiger partial charge in [-0.05, 0) is 44.0 Å². The first-order valence-corrected chi connectivity index (χ1v) is 6.98. The molecular weight excluding hydrogens is 242 g/mol. The van der Waals surface area contributed by atoms with E-state index in [1.54, 1.807) is 6.07 Å². The van der Waals surface area contributed by atoms with E-state index in [1.165, 1.54) is 12.8 Å². The Morgan fingerprint density at radius 1 is 1.53 bits per heavy atom. The molecule has 4 nitrogen and oxygen atoms in total. The summed E-state index contributed by atoms with van der Waals surface area (Å²) in [6.07, 6.45) is 3.56. The molecule has 1 saturated heterocycles. The lowest BCUT2D eigenvalue weighted by molar-refractivity contribution is 0.0535. The van der Waals surface area contributed by atoms with Crippen molar-refractivity contribution in [2.24, 2.45) is 0 Å². The number of carbonyl (C=O) groups excluding carboxylic acids is 1. The molecule has 0 amide bonds. The number of fused-ring (bicyclic) bond motifs is 1. The number of ether oxygens (including phenoxy) is 2. The molecule has 2 atom stereocenters. The lowest BCUT2D eigenvalue weighted by atomic mass is 10.1. The lowest BCUT2D eigenvalue weighted by Gasteiger charge is -2.24. The molecule has 0 radical (unpaired) electrons. The van der Waals surface area contributed by atoms with Crippen LogP contribution in [0.5, 0.6) is 5.75 Å². The second-order valence-corrected chi connectivity index (χ2v) is 5.16. The fourth-order valence-corrected chi connectivity index (χ4v) is 2.84. The molecule has 19 heavy (non-hydrogen) atoms. The highest BCUT2D eigenvalue weighted by molar-refractivity contribution is 5.93. The third-order valence-electron chi connectivity index (χ3n) is 3.89. The van der Waals surface area contributed by atoms with Gasteiger partial charge >= 0.3 is 5.97 Å². The van der Waals surface area contributed by atoms with Crippen LogP contribution in [0.4, 0.5) is 0 Å². The van der Waals surface area contributed by atoms with Crippen LogP contribution in [0, 0.1) is 0 Å². The summed E-state index contributed by atoms with van der Waals surface area (Å²) in [4.78, 5) is 11.4. The monoisotopic (exact) mass is 261 g/mol. The van der Waals surface area contributed by atoms with Gasteiger partial charge in [-0.25, -0.2) is 4.79 Å². The molecule has 1 aromatic rings. The van der Waals surface area contributed by atoms with Crippen LogP contribution in [0.2, 0.25) is 0 Å². The van der Waals surface area contributed by atoms with Gasteiger partial charge in [0.2, 0.25) is 0 Å². The van der Waals surface area contributed by atoms with E-state index in [9.17, 15) is 4.79 Å². The summed E-state index contributed by atoms with van der Waals surface area (Å²) in [5.74, 6) is 0.601. The van der Waals surface area contributed by atoms with Crippen LogP contribution in [-0.2, 0) is 11.3 Å². The van der Waals surface area contributed by atoms with Crippen molar-refractivity contribution in [3.8, 4) is 5.75 Å². The van der Waals surface area contributed by atoms with Gasteiger partial charge in [0.15, 0.2) is 0 Å². The predicted molar refractivity (Wildman–Crippen MR) is 71.3 cm³/mol. The Hall–Kier alpha value is -1.55. The summed E-state index contributed by atoms with van der Waals surface area (Å²) in [6, 6.07) is 6.03. The SMILES string of the molecule is CCC(Oc1ccc2c(c1)COC2=O)C1CCCN1. The Kier molecular flexibility index (Phi) is 3.42. The number of hydrogen-bond acceptors (Lipinski definition) is 4. The zero-order valence-corrected chi connectivity index (χ0v) is 11.1. The maximum Gasteiger partial charge on any atom is 0.338 e. The first-order chi connectivity index (χ1) is 9.28. The average Bonchev–Trinajstić information content (AvgIpc) is 3.06. The number of hydrogen-bond donors (Lipinski definition) is 1. The third-order valence-corrected chi connectivity index (χ3v) is 3.89. The average molecular weight is 261 g/mol. The van der Waals surface area contributed by atoms with Crippen molar-refractivity contribution < 1.29 is 14.3 Å². The maximum absolute atomic E-state index is 11.4. The summed E-state index contributed by atoms with van der Waals surface area (Å²) < 4.78 is 11.1. The van der Waals surface area contributed by atoms with Crippen LogP contribution in [0.1, 0.15) is 42.1 Å². The van der Waals surface area contributed by atoms with Crippen molar-refractivity contribution >= 4 is 5.97 Å². The molecular formula is C15H19NO3. The van der Waals surface area contributed by atoms with Crippen molar-refractivity contribution in [3.05, 3.63) is 29.3 Å². The van der Waals surface area contributed by atoms with E-state index in [2.05, 4.69) is 12.2 Å². The summed E-state index contributed by atoms with van der Waals surface area (Å²) in [7, 11) is 0. The van der Waals surface area contributed by atoms with E-state index >= 15 is 0 Å². The molecule has 0 saturated carbocycles. The third kappa shape index (κ3) is 2.45. The van der Waals surface area contributed by atoms with E-state index in [0.29, 0.717) is 18.2 Å². The van der Waals surface area contributed by atoms with Crippen LogP contribution < -0.4 is 10.1 Å². The number of benzene rings is 1. The van der Waals surface area contributed by atoms with Gasteiger partial charge in [-0.3, -0.25) is 0 Å². The second-order valence-electron chi connectivity index (χ2n) is 5.16. The minimum Gasteiger partial charge on any atom is -0.489 e. The molecule has 0 aliphatic carbocycles. The van der Waals surface area contributed by atoms with Gasteiger partial charge in [-0.1, -0.05) is 6.92 Å². The zero-order valence-electron chi connectivity index (χ0n) is 11.1. The highest BCUT2D eigenvalue weighted by Gasteiger charge is 2.26. The van der Waals surface area contributed by atoms with Gasteiger partial charge in [-0.2, -0.15) is 0 Å². The molecule has 2 aliphatic rings.